The highest BCUT2D eigenvalue weighted by molar-refractivity contribution is 7.14. The van der Waals surface area contributed by atoms with Crippen molar-refractivity contribution >= 4 is 23.0 Å². The summed E-state index contributed by atoms with van der Waals surface area (Å²) in [4.78, 5) is 29.5. The number of oxazole rings is 1. The molecule has 0 spiro atoms. The first kappa shape index (κ1) is 19.9. The molecule has 1 amide bonds. The molecule has 2 aromatic heterocycles. The Kier molecular flexibility index (Phi) is 6.71. The molecule has 0 aliphatic heterocycles. The van der Waals surface area contributed by atoms with Gasteiger partial charge in [-0.25, -0.2) is 9.37 Å². The number of ketones is 1. The third-order valence-electron chi connectivity index (χ3n) is 4.18. The first-order valence-corrected chi connectivity index (χ1v) is 9.89. The molecule has 0 radical (unpaired) electrons. The number of hydrogen-bond donors (Lipinski definition) is 1. The number of halogens is 1. The number of hydrogen-bond acceptors (Lipinski definition) is 5. The molecule has 0 aliphatic carbocycles. The molecule has 3 aromatic rings. The number of carbonyl (C=O) groups is 2. The molecule has 0 bridgehead atoms. The van der Waals surface area contributed by atoms with Crippen molar-refractivity contribution in [2.45, 2.75) is 32.6 Å². The summed E-state index contributed by atoms with van der Waals surface area (Å²) in [6.45, 7) is 2.03. The summed E-state index contributed by atoms with van der Waals surface area (Å²) in [6.07, 6.45) is 4.07. The fourth-order valence-electron chi connectivity index (χ4n) is 2.69. The Balaban J connectivity index is 1.37. The van der Waals surface area contributed by atoms with E-state index in [1.165, 1.54) is 23.5 Å². The molecule has 146 valence electrons. The van der Waals surface area contributed by atoms with E-state index < -0.39 is 0 Å². The second-order valence-electron chi connectivity index (χ2n) is 6.43. The van der Waals surface area contributed by atoms with Gasteiger partial charge in [-0.15, -0.1) is 11.3 Å². The number of carbonyl (C=O) groups excluding carboxylic acids is 2. The van der Waals surface area contributed by atoms with Crippen molar-refractivity contribution in [2.24, 2.45) is 0 Å². The van der Waals surface area contributed by atoms with Crippen molar-refractivity contribution in [3.05, 3.63) is 63.9 Å². The van der Waals surface area contributed by atoms with Gasteiger partial charge < -0.3 is 9.73 Å². The zero-order valence-electron chi connectivity index (χ0n) is 15.5. The number of Topliss-reactive ketones (excluding diaryl/α,β-unsaturated/α-hetero) is 1. The Hall–Kier alpha value is -2.80. The quantitative estimate of drug-likeness (QED) is 0.540. The first-order valence-electron chi connectivity index (χ1n) is 9.08. The van der Waals surface area contributed by atoms with E-state index in [0.29, 0.717) is 30.8 Å². The van der Waals surface area contributed by atoms with E-state index in [-0.39, 0.29) is 17.5 Å². The first-order chi connectivity index (χ1) is 13.5. The smallest absolute Gasteiger partial charge is 0.226 e. The lowest BCUT2D eigenvalue weighted by atomic mass is 10.2. The molecule has 0 saturated carbocycles. The van der Waals surface area contributed by atoms with Crippen LogP contribution in [0, 0.1) is 5.82 Å². The number of benzene rings is 1. The lowest BCUT2D eigenvalue weighted by Crippen LogP contribution is -2.25. The normalized spacial score (nSPS) is 10.8. The van der Waals surface area contributed by atoms with Crippen LogP contribution in [0.15, 0.2) is 47.1 Å². The van der Waals surface area contributed by atoms with Crippen molar-refractivity contribution in [3.63, 3.8) is 0 Å². The minimum Gasteiger partial charge on any atom is -0.444 e. The number of nitrogens with zero attached hydrogens (tertiary/aromatic N) is 1. The van der Waals surface area contributed by atoms with Gasteiger partial charge in [0.2, 0.25) is 11.8 Å². The second kappa shape index (κ2) is 9.41. The van der Waals surface area contributed by atoms with E-state index in [0.717, 1.165) is 28.3 Å². The van der Waals surface area contributed by atoms with Crippen LogP contribution in [0.4, 0.5) is 4.39 Å². The largest absolute Gasteiger partial charge is 0.444 e. The number of aromatic nitrogens is 1. The van der Waals surface area contributed by atoms with Gasteiger partial charge in [-0.2, -0.15) is 0 Å². The zero-order chi connectivity index (χ0) is 19.9. The van der Waals surface area contributed by atoms with Crippen LogP contribution >= 0.6 is 11.3 Å². The van der Waals surface area contributed by atoms with Crippen LogP contribution in [0.3, 0.4) is 0 Å². The lowest BCUT2D eigenvalue weighted by molar-refractivity contribution is -0.121. The molecule has 0 fully saturated rings. The molecular weight excluding hydrogens is 379 g/mol. The van der Waals surface area contributed by atoms with Gasteiger partial charge in [-0.1, -0.05) is 0 Å². The van der Waals surface area contributed by atoms with Gasteiger partial charge in [0.25, 0.3) is 0 Å². The molecule has 0 saturated heterocycles. The van der Waals surface area contributed by atoms with Crippen molar-refractivity contribution in [3.8, 4) is 11.5 Å². The highest BCUT2D eigenvalue weighted by atomic mass is 32.1. The fraction of sp³-hybridized carbons (Fsp3) is 0.286. The van der Waals surface area contributed by atoms with E-state index in [1.807, 2.05) is 12.1 Å². The topological polar surface area (TPSA) is 72.2 Å². The highest BCUT2D eigenvalue weighted by Crippen LogP contribution is 2.20. The number of rotatable bonds is 9. The highest BCUT2D eigenvalue weighted by Gasteiger charge is 2.09. The van der Waals surface area contributed by atoms with Crippen molar-refractivity contribution < 1.29 is 18.4 Å². The van der Waals surface area contributed by atoms with Crippen LogP contribution in [0.2, 0.25) is 0 Å². The van der Waals surface area contributed by atoms with Gasteiger partial charge in [-0.05, 0) is 56.2 Å². The van der Waals surface area contributed by atoms with E-state index >= 15 is 0 Å². The molecule has 0 unspecified atom stereocenters. The van der Waals surface area contributed by atoms with Crippen LogP contribution in [-0.4, -0.2) is 23.2 Å². The Bertz CT molecular complexity index is 947. The molecule has 28 heavy (non-hydrogen) atoms. The van der Waals surface area contributed by atoms with Crippen LogP contribution in [-0.2, 0) is 17.6 Å². The van der Waals surface area contributed by atoms with E-state index in [2.05, 4.69) is 10.3 Å². The van der Waals surface area contributed by atoms with Gasteiger partial charge in [0.05, 0.1) is 10.6 Å². The van der Waals surface area contributed by atoms with Crippen molar-refractivity contribution in [2.75, 3.05) is 6.54 Å². The predicted molar refractivity (Wildman–Crippen MR) is 106 cm³/mol. The van der Waals surface area contributed by atoms with E-state index in [1.54, 1.807) is 25.3 Å². The van der Waals surface area contributed by atoms with E-state index in [4.69, 9.17) is 4.42 Å². The second-order valence-corrected chi connectivity index (χ2v) is 7.59. The van der Waals surface area contributed by atoms with Crippen LogP contribution in [0.25, 0.3) is 11.5 Å². The molecule has 3 rings (SSSR count). The summed E-state index contributed by atoms with van der Waals surface area (Å²) in [5, 5.41) is 2.88. The average molecular weight is 400 g/mol. The van der Waals surface area contributed by atoms with Crippen LogP contribution in [0.5, 0.6) is 0 Å². The standard InChI is InChI=1S/C21H21FN2O3S/c1-14(25)19-10-9-18(28-19)3-2-4-20(26)23-12-11-17-13-27-21(24-17)15-5-7-16(22)8-6-15/h5-10,13H,2-4,11-12H2,1H3,(H,23,26). The van der Waals surface area contributed by atoms with Crippen molar-refractivity contribution in [1.29, 1.82) is 0 Å². The third kappa shape index (κ3) is 5.60. The maximum atomic E-state index is 13.0. The summed E-state index contributed by atoms with van der Waals surface area (Å²) >= 11 is 1.49. The predicted octanol–water partition coefficient (Wildman–Crippen LogP) is 4.43. The number of thiophene rings is 1. The van der Waals surface area contributed by atoms with Gasteiger partial charge in [0.15, 0.2) is 5.78 Å². The lowest BCUT2D eigenvalue weighted by Gasteiger charge is -2.03. The summed E-state index contributed by atoms with van der Waals surface area (Å²) < 4.78 is 18.4. The maximum Gasteiger partial charge on any atom is 0.226 e. The minimum atomic E-state index is -0.309. The van der Waals surface area contributed by atoms with Gasteiger partial charge in [0, 0.05) is 29.8 Å². The minimum absolute atomic E-state index is 0.00870. The molecule has 2 heterocycles. The summed E-state index contributed by atoms with van der Waals surface area (Å²) in [7, 11) is 0. The van der Waals surface area contributed by atoms with Crippen molar-refractivity contribution in [1.82, 2.24) is 10.3 Å². The number of nitrogens with one attached hydrogen (secondary N) is 1. The van der Waals surface area contributed by atoms with E-state index in [9.17, 15) is 14.0 Å². The van der Waals surface area contributed by atoms with Crippen LogP contribution < -0.4 is 5.32 Å². The summed E-state index contributed by atoms with van der Waals surface area (Å²) in [6, 6.07) is 9.72. The molecule has 0 atom stereocenters. The number of amides is 1. The molecule has 0 aliphatic rings. The van der Waals surface area contributed by atoms with Crippen LogP contribution in [0.1, 0.15) is 40.0 Å². The van der Waals surface area contributed by atoms with Gasteiger partial charge in [-0.3, -0.25) is 9.59 Å². The molecule has 7 heteroatoms. The Morgan fingerprint density at radius 3 is 2.64 bits per heavy atom. The number of aryl methyl sites for hydroxylation is 1. The Labute approximate surface area is 166 Å². The monoisotopic (exact) mass is 400 g/mol. The Morgan fingerprint density at radius 2 is 1.93 bits per heavy atom. The molecule has 1 aromatic carbocycles. The zero-order valence-corrected chi connectivity index (χ0v) is 16.4. The molecular formula is C21H21FN2O3S. The summed E-state index contributed by atoms with van der Waals surface area (Å²) in [5.74, 6) is 0.189. The maximum absolute atomic E-state index is 13.0. The van der Waals surface area contributed by atoms with Gasteiger partial charge in [0.1, 0.15) is 12.1 Å². The van der Waals surface area contributed by atoms with Gasteiger partial charge >= 0.3 is 0 Å². The SMILES string of the molecule is CC(=O)c1ccc(CCCC(=O)NCCc2coc(-c3ccc(F)cc3)n2)s1. The summed E-state index contributed by atoms with van der Waals surface area (Å²) in [5.41, 5.74) is 1.44. The fourth-order valence-corrected chi connectivity index (χ4v) is 3.63. The molecule has 1 N–H and O–H groups in total. The third-order valence-corrected chi connectivity index (χ3v) is 5.43. The average Bonchev–Trinajstić information content (AvgIpc) is 3.32. The Morgan fingerprint density at radius 1 is 1.14 bits per heavy atom. The molecule has 5 nitrogen and oxygen atoms in total.